The molecule has 1 heterocycles. The number of nitrogens with zero attached hydrogens (tertiary/aromatic N) is 1. The molecule has 24 heavy (non-hydrogen) atoms. The Balaban J connectivity index is 2.14. The van der Waals surface area contributed by atoms with E-state index in [0.29, 0.717) is 10.2 Å². The van der Waals surface area contributed by atoms with Crippen LogP contribution in [0, 0.1) is 0 Å². The lowest BCUT2D eigenvalue weighted by Crippen LogP contribution is -2.27. The van der Waals surface area contributed by atoms with Crippen molar-refractivity contribution in [1.29, 1.82) is 0 Å². The van der Waals surface area contributed by atoms with E-state index >= 15 is 0 Å². The van der Waals surface area contributed by atoms with Crippen molar-refractivity contribution >= 4 is 31.7 Å². The summed E-state index contributed by atoms with van der Waals surface area (Å²) in [5.41, 5.74) is 1.98. The highest BCUT2D eigenvalue weighted by Crippen LogP contribution is 2.26. The molecule has 0 aliphatic rings. The first-order valence-corrected chi connectivity index (χ1v) is 10.1. The Morgan fingerprint density at radius 2 is 1.79 bits per heavy atom. The quantitative estimate of drug-likeness (QED) is 0.786. The number of carbonyl (C=O) groups excluding carboxylic acids is 1. The predicted octanol–water partition coefficient (Wildman–Crippen LogP) is 3.19. The smallest absolute Gasteiger partial charge is 0.273 e. The molecule has 130 valence electrons. The van der Waals surface area contributed by atoms with Gasteiger partial charge >= 0.3 is 0 Å². The van der Waals surface area contributed by atoms with Crippen LogP contribution in [-0.2, 0) is 9.84 Å². The van der Waals surface area contributed by atoms with Gasteiger partial charge in [-0.25, -0.2) is 8.42 Å². The van der Waals surface area contributed by atoms with Gasteiger partial charge in [0.05, 0.1) is 21.1 Å². The van der Waals surface area contributed by atoms with Crippen LogP contribution in [-0.4, -0.2) is 30.8 Å². The normalized spacial score (nSPS) is 13.1. The minimum absolute atomic E-state index is 0.217. The highest BCUT2D eigenvalue weighted by Gasteiger charge is 2.21. The molecule has 0 radical (unpaired) electrons. The molecule has 2 N–H and O–H groups in total. The molecule has 0 aliphatic carbocycles. The van der Waals surface area contributed by atoms with Gasteiger partial charge in [-0.1, -0.05) is 26.0 Å². The average Bonchev–Trinajstić information content (AvgIpc) is 2.88. The van der Waals surface area contributed by atoms with Crippen LogP contribution < -0.4 is 5.32 Å². The number of hydrogen-bond donors (Lipinski definition) is 2. The summed E-state index contributed by atoms with van der Waals surface area (Å²) in [4.78, 5) is 12.6. The number of aromatic amines is 1. The van der Waals surface area contributed by atoms with Gasteiger partial charge in [0.25, 0.3) is 5.91 Å². The van der Waals surface area contributed by atoms with Crippen LogP contribution in [0.15, 0.2) is 33.6 Å². The molecule has 2 aromatic rings. The maximum absolute atomic E-state index is 12.4. The molecule has 0 aliphatic heterocycles. The van der Waals surface area contributed by atoms with Gasteiger partial charge in [-0.2, -0.15) is 5.10 Å². The number of amides is 1. The first-order chi connectivity index (χ1) is 11.1. The molecular weight excluding hydrogens is 394 g/mol. The molecule has 1 amide bonds. The van der Waals surface area contributed by atoms with Crippen LogP contribution in [0.1, 0.15) is 54.5 Å². The first kappa shape index (κ1) is 18.7. The van der Waals surface area contributed by atoms with E-state index < -0.39 is 9.84 Å². The summed E-state index contributed by atoms with van der Waals surface area (Å²) >= 11 is 3.41. The summed E-state index contributed by atoms with van der Waals surface area (Å²) < 4.78 is 23.6. The molecule has 0 saturated carbocycles. The highest BCUT2D eigenvalue weighted by molar-refractivity contribution is 9.10. The third-order valence-electron chi connectivity index (χ3n) is 3.68. The Labute approximate surface area is 150 Å². The van der Waals surface area contributed by atoms with Crippen LogP contribution in [0.2, 0.25) is 0 Å². The van der Waals surface area contributed by atoms with Crippen LogP contribution in [0.4, 0.5) is 0 Å². The van der Waals surface area contributed by atoms with Crippen molar-refractivity contribution in [2.45, 2.75) is 37.6 Å². The summed E-state index contributed by atoms with van der Waals surface area (Å²) in [6.45, 7) is 5.84. The lowest BCUT2D eigenvalue weighted by atomic mass is 10.1. The Morgan fingerprint density at radius 1 is 1.21 bits per heavy atom. The van der Waals surface area contributed by atoms with Gasteiger partial charge in [0.15, 0.2) is 15.5 Å². The summed E-state index contributed by atoms with van der Waals surface area (Å²) in [6.07, 6.45) is 1.16. The van der Waals surface area contributed by atoms with Crippen molar-refractivity contribution in [3.05, 3.63) is 45.7 Å². The number of carbonyl (C=O) groups is 1. The summed E-state index contributed by atoms with van der Waals surface area (Å²) in [5.74, 6) is -0.0842. The fourth-order valence-electron chi connectivity index (χ4n) is 2.23. The van der Waals surface area contributed by atoms with E-state index in [4.69, 9.17) is 0 Å². The number of H-pyrrole nitrogens is 1. The van der Waals surface area contributed by atoms with Crippen molar-refractivity contribution in [2.24, 2.45) is 0 Å². The summed E-state index contributed by atoms with van der Waals surface area (Å²) in [5, 5.41) is 9.80. The van der Waals surface area contributed by atoms with Crippen molar-refractivity contribution in [2.75, 3.05) is 6.26 Å². The third kappa shape index (κ3) is 4.05. The molecule has 0 spiro atoms. The van der Waals surface area contributed by atoms with E-state index in [1.165, 1.54) is 12.1 Å². The summed E-state index contributed by atoms with van der Waals surface area (Å²) in [6, 6.07) is 6.18. The fourth-order valence-corrected chi connectivity index (χ4v) is 3.67. The minimum Gasteiger partial charge on any atom is -0.344 e. The largest absolute Gasteiger partial charge is 0.344 e. The Morgan fingerprint density at radius 3 is 2.25 bits per heavy atom. The second kappa shape index (κ2) is 7.06. The topological polar surface area (TPSA) is 91.9 Å². The molecule has 0 saturated heterocycles. The zero-order valence-electron chi connectivity index (χ0n) is 13.9. The fraction of sp³-hybridized carbons (Fsp3) is 0.375. The van der Waals surface area contributed by atoms with Crippen molar-refractivity contribution in [3.8, 4) is 0 Å². The number of benzene rings is 1. The number of halogens is 1. The van der Waals surface area contributed by atoms with E-state index in [9.17, 15) is 13.2 Å². The van der Waals surface area contributed by atoms with Gasteiger partial charge in [-0.05, 0) is 46.5 Å². The van der Waals surface area contributed by atoms with Crippen LogP contribution in [0.5, 0.6) is 0 Å². The maximum Gasteiger partial charge on any atom is 0.273 e. The van der Waals surface area contributed by atoms with E-state index in [2.05, 4.69) is 31.4 Å². The Kier molecular flexibility index (Phi) is 5.49. The van der Waals surface area contributed by atoms with Crippen LogP contribution >= 0.6 is 15.9 Å². The third-order valence-corrected chi connectivity index (χ3v) is 5.61. The second-order valence-corrected chi connectivity index (χ2v) is 8.80. The van der Waals surface area contributed by atoms with Gasteiger partial charge in [0, 0.05) is 6.26 Å². The molecular formula is C16H20BrN3O3S. The van der Waals surface area contributed by atoms with Gasteiger partial charge in [0.2, 0.25) is 0 Å². The number of nitrogens with one attached hydrogen (secondary N) is 2. The van der Waals surface area contributed by atoms with E-state index in [-0.39, 0.29) is 22.8 Å². The lowest BCUT2D eigenvalue weighted by Gasteiger charge is -2.14. The minimum atomic E-state index is -3.23. The van der Waals surface area contributed by atoms with Crippen molar-refractivity contribution in [1.82, 2.24) is 15.5 Å². The van der Waals surface area contributed by atoms with Crippen LogP contribution in [0.3, 0.4) is 0 Å². The second-order valence-electron chi connectivity index (χ2n) is 5.99. The molecule has 0 fully saturated rings. The Hall–Kier alpha value is -1.67. The Bertz CT molecular complexity index is 842. The summed E-state index contributed by atoms with van der Waals surface area (Å²) in [7, 11) is -3.23. The monoisotopic (exact) mass is 413 g/mol. The molecule has 0 bridgehead atoms. The standard InChI is InChI=1S/C16H20BrN3O3S/c1-9(2)14-13(17)15(20-19-14)16(21)18-10(3)11-5-7-12(8-6-11)24(4,22)23/h5-10H,1-4H3,(H,18,21)(H,19,20). The van der Waals surface area contributed by atoms with Crippen molar-refractivity contribution in [3.63, 3.8) is 0 Å². The SMILES string of the molecule is CC(C)c1[nH]nc(C(=O)NC(C)c2ccc(S(C)(=O)=O)cc2)c1Br. The van der Waals surface area contributed by atoms with E-state index in [1.807, 2.05) is 20.8 Å². The molecule has 1 atom stereocenters. The van der Waals surface area contributed by atoms with Crippen LogP contribution in [0.25, 0.3) is 0 Å². The molecule has 2 rings (SSSR count). The first-order valence-electron chi connectivity index (χ1n) is 7.46. The van der Waals surface area contributed by atoms with Gasteiger partial charge in [-0.3, -0.25) is 9.89 Å². The molecule has 8 heteroatoms. The van der Waals surface area contributed by atoms with Gasteiger partial charge < -0.3 is 5.32 Å². The molecule has 1 aromatic carbocycles. The van der Waals surface area contributed by atoms with E-state index in [0.717, 1.165) is 17.5 Å². The van der Waals surface area contributed by atoms with Gasteiger partial charge in [-0.15, -0.1) is 0 Å². The average molecular weight is 414 g/mol. The van der Waals surface area contributed by atoms with E-state index in [1.54, 1.807) is 12.1 Å². The maximum atomic E-state index is 12.4. The van der Waals surface area contributed by atoms with Crippen molar-refractivity contribution < 1.29 is 13.2 Å². The van der Waals surface area contributed by atoms with Gasteiger partial charge in [0.1, 0.15) is 0 Å². The number of rotatable bonds is 5. The zero-order valence-corrected chi connectivity index (χ0v) is 16.3. The predicted molar refractivity (Wildman–Crippen MR) is 95.8 cm³/mol. The number of sulfone groups is 1. The molecule has 1 unspecified atom stereocenters. The highest BCUT2D eigenvalue weighted by atomic mass is 79.9. The molecule has 6 nitrogen and oxygen atoms in total. The lowest BCUT2D eigenvalue weighted by molar-refractivity contribution is 0.0934. The zero-order chi connectivity index (χ0) is 18.1. The number of aromatic nitrogens is 2. The molecule has 1 aromatic heterocycles. The number of hydrogen-bond acceptors (Lipinski definition) is 4.